The van der Waals surface area contributed by atoms with E-state index in [4.69, 9.17) is 0 Å². The van der Waals surface area contributed by atoms with Gasteiger partial charge in [-0.25, -0.2) is 4.98 Å². The molecule has 1 heterocycles. The summed E-state index contributed by atoms with van der Waals surface area (Å²) >= 11 is 0. The molecule has 1 aromatic heterocycles. The Hall–Kier alpha value is -0.830. The number of aromatic nitrogens is 2. The average molecular weight is 179 g/mol. The summed E-state index contributed by atoms with van der Waals surface area (Å²) in [6, 6.07) is 0. The summed E-state index contributed by atoms with van der Waals surface area (Å²) in [6.07, 6.45) is 7.04. The van der Waals surface area contributed by atoms with Crippen molar-refractivity contribution in [1.29, 1.82) is 0 Å². The van der Waals surface area contributed by atoms with Gasteiger partial charge in [-0.2, -0.15) is 0 Å². The number of rotatable bonds is 3. The highest BCUT2D eigenvalue weighted by Crippen LogP contribution is 2.19. The molecule has 0 fully saturated rings. The van der Waals surface area contributed by atoms with E-state index >= 15 is 0 Å². The summed E-state index contributed by atoms with van der Waals surface area (Å²) in [4.78, 5) is 4.44. The van der Waals surface area contributed by atoms with Crippen LogP contribution in [0, 0.1) is 0 Å². The summed E-state index contributed by atoms with van der Waals surface area (Å²) in [7, 11) is 1.99. The van der Waals surface area contributed by atoms with E-state index in [-0.39, 0.29) is 0 Å². The molecule has 3 nitrogen and oxygen atoms in total. The van der Waals surface area contributed by atoms with Crippen LogP contribution in [0.1, 0.15) is 24.2 Å². The lowest BCUT2D eigenvalue weighted by molar-refractivity contribution is 0.585. The summed E-state index contributed by atoms with van der Waals surface area (Å²) in [5, 5.41) is 3.16. The molecule has 1 aliphatic carbocycles. The van der Waals surface area contributed by atoms with E-state index in [1.807, 2.05) is 13.4 Å². The van der Waals surface area contributed by atoms with Crippen LogP contribution in [0.4, 0.5) is 0 Å². The number of likely N-dealkylation sites (N-methyl/N-ethyl adjacent to an activating group) is 1. The van der Waals surface area contributed by atoms with Gasteiger partial charge >= 0.3 is 0 Å². The molecule has 0 unspecified atom stereocenters. The standard InChI is InChI=1S/C10H17N3/c1-11-6-7-13-8-12-9-4-2-3-5-10(9)13/h8,11H,2-7H2,1H3. The first-order valence-corrected chi connectivity index (χ1v) is 5.09. The number of nitrogens with one attached hydrogen (secondary N) is 1. The fourth-order valence-corrected chi connectivity index (χ4v) is 1.96. The van der Waals surface area contributed by atoms with Crippen LogP contribution in [0.2, 0.25) is 0 Å². The maximum Gasteiger partial charge on any atom is 0.0952 e. The Bertz CT molecular complexity index is 278. The van der Waals surface area contributed by atoms with Crippen LogP contribution in [-0.2, 0) is 19.4 Å². The Morgan fingerprint density at radius 2 is 2.31 bits per heavy atom. The number of hydrogen-bond acceptors (Lipinski definition) is 2. The molecule has 0 atom stereocenters. The van der Waals surface area contributed by atoms with E-state index in [0.29, 0.717) is 0 Å². The SMILES string of the molecule is CNCCn1cnc2c1CCCC2. The molecule has 3 heteroatoms. The van der Waals surface area contributed by atoms with E-state index in [1.54, 1.807) is 0 Å². The van der Waals surface area contributed by atoms with Crippen molar-refractivity contribution >= 4 is 0 Å². The van der Waals surface area contributed by atoms with E-state index in [1.165, 1.54) is 37.1 Å². The van der Waals surface area contributed by atoms with Gasteiger partial charge in [0, 0.05) is 18.8 Å². The molecule has 0 aliphatic heterocycles. The topological polar surface area (TPSA) is 29.9 Å². The smallest absolute Gasteiger partial charge is 0.0952 e. The number of aryl methyl sites for hydroxylation is 1. The monoisotopic (exact) mass is 179 g/mol. The minimum atomic E-state index is 1.03. The largest absolute Gasteiger partial charge is 0.333 e. The fraction of sp³-hybridized carbons (Fsp3) is 0.700. The summed E-state index contributed by atoms with van der Waals surface area (Å²) < 4.78 is 2.30. The molecule has 1 aliphatic rings. The van der Waals surface area contributed by atoms with Crippen LogP contribution < -0.4 is 5.32 Å². The lowest BCUT2D eigenvalue weighted by Gasteiger charge is -2.13. The molecule has 0 saturated heterocycles. The minimum Gasteiger partial charge on any atom is -0.333 e. The Labute approximate surface area is 79.2 Å². The third kappa shape index (κ3) is 1.75. The van der Waals surface area contributed by atoms with Crippen molar-refractivity contribution in [2.24, 2.45) is 0 Å². The van der Waals surface area contributed by atoms with Crippen molar-refractivity contribution in [1.82, 2.24) is 14.9 Å². The van der Waals surface area contributed by atoms with Gasteiger partial charge in [-0.15, -0.1) is 0 Å². The maximum atomic E-state index is 4.44. The highest BCUT2D eigenvalue weighted by molar-refractivity contribution is 5.16. The van der Waals surface area contributed by atoms with E-state index < -0.39 is 0 Å². The predicted molar refractivity (Wildman–Crippen MR) is 52.8 cm³/mol. The van der Waals surface area contributed by atoms with Gasteiger partial charge in [0.2, 0.25) is 0 Å². The number of imidazole rings is 1. The first kappa shape index (κ1) is 8.75. The third-order valence-electron chi connectivity index (χ3n) is 2.71. The molecule has 13 heavy (non-hydrogen) atoms. The van der Waals surface area contributed by atoms with Crippen molar-refractivity contribution in [2.75, 3.05) is 13.6 Å². The maximum absolute atomic E-state index is 4.44. The Morgan fingerprint density at radius 1 is 1.46 bits per heavy atom. The molecule has 0 bridgehead atoms. The van der Waals surface area contributed by atoms with Crippen molar-refractivity contribution in [3.8, 4) is 0 Å². The van der Waals surface area contributed by atoms with E-state index in [0.717, 1.165) is 13.1 Å². The number of hydrogen-bond donors (Lipinski definition) is 1. The molecule has 0 amide bonds. The minimum absolute atomic E-state index is 1.03. The zero-order valence-electron chi connectivity index (χ0n) is 8.21. The second-order valence-corrected chi connectivity index (χ2v) is 3.64. The van der Waals surface area contributed by atoms with Crippen molar-refractivity contribution in [3.63, 3.8) is 0 Å². The molecule has 1 N–H and O–H groups in total. The Morgan fingerprint density at radius 3 is 3.15 bits per heavy atom. The van der Waals surface area contributed by atoms with Crippen LogP contribution in [0.5, 0.6) is 0 Å². The molecule has 1 aromatic rings. The van der Waals surface area contributed by atoms with Crippen molar-refractivity contribution < 1.29 is 0 Å². The van der Waals surface area contributed by atoms with E-state index in [2.05, 4.69) is 14.9 Å². The highest BCUT2D eigenvalue weighted by atomic mass is 15.1. The number of fused-ring (bicyclic) bond motifs is 1. The second kappa shape index (κ2) is 3.92. The van der Waals surface area contributed by atoms with Gasteiger partial charge in [-0.3, -0.25) is 0 Å². The molecule has 0 aromatic carbocycles. The van der Waals surface area contributed by atoms with Crippen LogP contribution in [0.3, 0.4) is 0 Å². The fourth-order valence-electron chi connectivity index (χ4n) is 1.96. The molecule has 0 radical (unpaired) electrons. The van der Waals surface area contributed by atoms with Gasteiger partial charge in [-0.1, -0.05) is 0 Å². The molecular weight excluding hydrogens is 162 g/mol. The highest BCUT2D eigenvalue weighted by Gasteiger charge is 2.14. The number of nitrogens with zero attached hydrogens (tertiary/aromatic N) is 2. The lowest BCUT2D eigenvalue weighted by atomic mass is 10.0. The molecular formula is C10H17N3. The average Bonchev–Trinajstić information content (AvgIpc) is 2.58. The van der Waals surface area contributed by atoms with Crippen LogP contribution in [0.15, 0.2) is 6.33 Å². The molecule has 2 rings (SSSR count). The first-order valence-electron chi connectivity index (χ1n) is 5.09. The van der Waals surface area contributed by atoms with Crippen molar-refractivity contribution in [3.05, 3.63) is 17.7 Å². The quantitative estimate of drug-likeness (QED) is 0.749. The predicted octanol–water partition coefficient (Wildman–Crippen LogP) is 0.981. The molecule has 0 spiro atoms. The van der Waals surface area contributed by atoms with Crippen LogP contribution in [0.25, 0.3) is 0 Å². The third-order valence-corrected chi connectivity index (χ3v) is 2.71. The second-order valence-electron chi connectivity index (χ2n) is 3.64. The van der Waals surface area contributed by atoms with Gasteiger partial charge in [0.25, 0.3) is 0 Å². The van der Waals surface area contributed by atoms with Gasteiger partial charge in [0.15, 0.2) is 0 Å². The Balaban J connectivity index is 2.12. The van der Waals surface area contributed by atoms with E-state index in [9.17, 15) is 0 Å². The lowest BCUT2D eigenvalue weighted by Crippen LogP contribution is -2.17. The zero-order valence-corrected chi connectivity index (χ0v) is 8.21. The Kier molecular flexibility index (Phi) is 2.64. The summed E-state index contributed by atoms with van der Waals surface area (Å²) in [5.74, 6) is 0. The van der Waals surface area contributed by atoms with Gasteiger partial charge in [0.05, 0.1) is 12.0 Å². The van der Waals surface area contributed by atoms with Gasteiger partial charge in [0.1, 0.15) is 0 Å². The van der Waals surface area contributed by atoms with Crippen LogP contribution in [-0.4, -0.2) is 23.1 Å². The summed E-state index contributed by atoms with van der Waals surface area (Å²) in [5.41, 5.74) is 2.81. The van der Waals surface area contributed by atoms with Crippen LogP contribution >= 0.6 is 0 Å². The zero-order chi connectivity index (χ0) is 9.10. The van der Waals surface area contributed by atoms with Gasteiger partial charge in [-0.05, 0) is 32.7 Å². The van der Waals surface area contributed by atoms with Crippen molar-refractivity contribution in [2.45, 2.75) is 32.2 Å². The first-order chi connectivity index (χ1) is 6.42. The summed E-state index contributed by atoms with van der Waals surface area (Å²) in [6.45, 7) is 2.08. The van der Waals surface area contributed by atoms with Gasteiger partial charge < -0.3 is 9.88 Å². The molecule has 0 saturated carbocycles. The normalized spacial score (nSPS) is 15.8. The molecule has 72 valence electrons.